The molecule has 0 unspecified atom stereocenters. The summed E-state index contributed by atoms with van der Waals surface area (Å²) < 4.78 is 16.0. The van der Waals surface area contributed by atoms with Gasteiger partial charge in [-0.15, -0.1) is 0 Å². The molecule has 0 fully saturated rings. The highest BCUT2D eigenvalue weighted by Gasteiger charge is 2.12. The van der Waals surface area contributed by atoms with Crippen LogP contribution in [0.3, 0.4) is 0 Å². The van der Waals surface area contributed by atoms with E-state index in [4.69, 9.17) is 0 Å². The molecule has 0 spiro atoms. The molecule has 1 N–H and O–H groups in total. The number of benzene rings is 1. The maximum absolute atomic E-state index is 13.1. The van der Waals surface area contributed by atoms with Crippen molar-refractivity contribution in [3.8, 4) is 5.69 Å². The van der Waals surface area contributed by atoms with Gasteiger partial charge in [0, 0.05) is 19.2 Å². The second-order valence-electron chi connectivity index (χ2n) is 6.53. The van der Waals surface area contributed by atoms with Gasteiger partial charge in [-0.05, 0) is 48.9 Å². The van der Waals surface area contributed by atoms with Crippen LogP contribution < -0.4 is 10.9 Å². The lowest BCUT2D eigenvalue weighted by Crippen LogP contribution is -2.23. The first kappa shape index (κ1) is 18.5. The van der Waals surface area contributed by atoms with E-state index in [0.29, 0.717) is 22.5 Å². The molecule has 1 amide bonds. The van der Waals surface area contributed by atoms with Gasteiger partial charge in [-0.25, -0.2) is 19.0 Å². The molecule has 9 heteroatoms. The van der Waals surface area contributed by atoms with Gasteiger partial charge in [-0.1, -0.05) is 0 Å². The van der Waals surface area contributed by atoms with E-state index in [1.165, 1.54) is 33.9 Å². The molecule has 4 aromatic rings. The van der Waals surface area contributed by atoms with E-state index in [0.717, 1.165) is 5.56 Å². The number of fused-ring (bicyclic) bond motifs is 1. The number of rotatable bonds is 5. The van der Waals surface area contributed by atoms with Crippen LogP contribution >= 0.6 is 0 Å². The number of carbonyl (C=O) groups excluding carboxylic acids is 1. The van der Waals surface area contributed by atoms with Crippen LogP contribution in [0.2, 0.25) is 0 Å². The van der Waals surface area contributed by atoms with Gasteiger partial charge >= 0.3 is 0 Å². The third kappa shape index (κ3) is 3.88. The Kier molecular flexibility index (Phi) is 4.86. The predicted molar refractivity (Wildman–Crippen MR) is 105 cm³/mol. The average molecular weight is 392 g/mol. The van der Waals surface area contributed by atoms with Crippen molar-refractivity contribution >= 4 is 22.8 Å². The summed E-state index contributed by atoms with van der Waals surface area (Å²) in [5, 5.41) is 7.21. The maximum Gasteiger partial charge on any atom is 0.264 e. The summed E-state index contributed by atoms with van der Waals surface area (Å²) in [7, 11) is 0. The fourth-order valence-electron chi connectivity index (χ4n) is 2.91. The Morgan fingerprint density at radius 2 is 1.97 bits per heavy atom. The fraction of sp³-hybridized carbons (Fsp3) is 0.150. The number of carbonyl (C=O) groups is 1. The van der Waals surface area contributed by atoms with Gasteiger partial charge in [0.25, 0.3) is 5.56 Å². The molecule has 8 nitrogen and oxygen atoms in total. The van der Waals surface area contributed by atoms with Crippen LogP contribution in [0.1, 0.15) is 12.0 Å². The number of amides is 1. The Morgan fingerprint density at radius 3 is 2.72 bits per heavy atom. The summed E-state index contributed by atoms with van der Waals surface area (Å²) >= 11 is 0. The van der Waals surface area contributed by atoms with Crippen LogP contribution in [0, 0.1) is 12.7 Å². The Bertz CT molecular complexity index is 1250. The van der Waals surface area contributed by atoms with Gasteiger partial charge in [0.05, 0.1) is 18.2 Å². The number of nitrogens with zero attached hydrogens (tertiary/aromatic N) is 5. The molecule has 4 rings (SSSR count). The van der Waals surface area contributed by atoms with Crippen LogP contribution in [0.25, 0.3) is 16.7 Å². The van der Waals surface area contributed by atoms with Crippen molar-refractivity contribution < 1.29 is 9.18 Å². The van der Waals surface area contributed by atoms with Crippen molar-refractivity contribution in [2.24, 2.45) is 0 Å². The van der Waals surface area contributed by atoms with Gasteiger partial charge in [-0.3, -0.25) is 14.2 Å². The van der Waals surface area contributed by atoms with Gasteiger partial charge in [-0.2, -0.15) is 5.10 Å². The molecule has 0 radical (unpaired) electrons. The zero-order valence-electron chi connectivity index (χ0n) is 15.5. The Balaban J connectivity index is 1.51. The molecule has 0 aliphatic rings. The van der Waals surface area contributed by atoms with Gasteiger partial charge in [0.1, 0.15) is 17.0 Å². The van der Waals surface area contributed by atoms with E-state index in [9.17, 15) is 14.0 Å². The lowest BCUT2D eigenvalue weighted by molar-refractivity contribution is -0.116. The molecule has 29 heavy (non-hydrogen) atoms. The summed E-state index contributed by atoms with van der Waals surface area (Å²) in [6.45, 7) is 2.07. The highest BCUT2D eigenvalue weighted by Crippen LogP contribution is 2.14. The van der Waals surface area contributed by atoms with Gasteiger partial charge in [0.15, 0.2) is 5.65 Å². The summed E-state index contributed by atoms with van der Waals surface area (Å²) in [5.74, 6) is -0.145. The molecule has 0 atom stereocenters. The number of nitrogens with one attached hydrogen (secondary N) is 1. The lowest BCUT2D eigenvalue weighted by Gasteiger charge is -2.07. The SMILES string of the molecule is Cc1ccnc(NC(=O)CCn2cnc3c(cnn3-c3ccc(F)cc3)c2=O)c1. The third-order valence-electron chi connectivity index (χ3n) is 4.39. The first-order chi connectivity index (χ1) is 14.0. The van der Waals surface area contributed by atoms with Crippen LogP contribution in [-0.2, 0) is 11.3 Å². The van der Waals surface area contributed by atoms with Crippen molar-refractivity contribution in [1.29, 1.82) is 0 Å². The smallest absolute Gasteiger partial charge is 0.264 e. The van der Waals surface area contributed by atoms with Gasteiger partial charge in [0.2, 0.25) is 5.91 Å². The summed E-state index contributed by atoms with van der Waals surface area (Å²) in [5.41, 5.74) is 1.64. The molecular weight excluding hydrogens is 375 g/mol. The zero-order chi connectivity index (χ0) is 20.4. The number of anilines is 1. The van der Waals surface area contributed by atoms with Crippen molar-refractivity contribution in [3.05, 3.63) is 76.9 Å². The van der Waals surface area contributed by atoms with E-state index >= 15 is 0 Å². The quantitative estimate of drug-likeness (QED) is 0.563. The Morgan fingerprint density at radius 1 is 1.17 bits per heavy atom. The van der Waals surface area contributed by atoms with Crippen LogP contribution in [-0.4, -0.2) is 30.2 Å². The molecular formula is C20H17FN6O2. The number of hydrogen-bond acceptors (Lipinski definition) is 5. The Hall–Kier alpha value is -3.88. The second kappa shape index (κ2) is 7.63. The minimum Gasteiger partial charge on any atom is -0.311 e. The zero-order valence-corrected chi connectivity index (χ0v) is 15.5. The molecule has 0 saturated heterocycles. The van der Waals surface area contributed by atoms with Crippen molar-refractivity contribution in [2.45, 2.75) is 19.9 Å². The summed E-state index contributed by atoms with van der Waals surface area (Å²) in [4.78, 5) is 33.2. The van der Waals surface area contributed by atoms with Crippen LogP contribution in [0.5, 0.6) is 0 Å². The van der Waals surface area contributed by atoms with Crippen LogP contribution in [0.15, 0.2) is 59.9 Å². The van der Waals surface area contributed by atoms with Crippen molar-refractivity contribution in [2.75, 3.05) is 5.32 Å². The topological polar surface area (TPSA) is 94.7 Å². The molecule has 3 heterocycles. The molecule has 0 bridgehead atoms. The number of aryl methyl sites for hydroxylation is 2. The monoisotopic (exact) mass is 392 g/mol. The number of aromatic nitrogens is 5. The van der Waals surface area contributed by atoms with Crippen molar-refractivity contribution in [1.82, 2.24) is 24.3 Å². The average Bonchev–Trinajstić information content (AvgIpc) is 3.13. The Labute approximate surface area is 164 Å². The largest absolute Gasteiger partial charge is 0.311 e. The normalized spacial score (nSPS) is 11.0. The van der Waals surface area contributed by atoms with E-state index in [2.05, 4.69) is 20.4 Å². The first-order valence-electron chi connectivity index (χ1n) is 8.93. The molecule has 0 saturated carbocycles. The van der Waals surface area contributed by atoms with E-state index in [1.807, 2.05) is 13.0 Å². The maximum atomic E-state index is 13.1. The number of pyridine rings is 1. The van der Waals surface area contributed by atoms with Crippen LogP contribution in [0.4, 0.5) is 10.2 Å². The molecule has 3 aromatic heterocycles. The summed E-state index contributed by atoms with van der Waals surface area (Å²) in [6, 6.07) is 9.33. The second-order valence-corrected chi connectivity index (χ2v) is 6.53. The highest BCUT2D eigenvalue weighted by molar-refractivity contribution is 5.89. The molecule has 0 aliphatic heterocycles. The number of halogens is 1. The number of hydrogen-bond donors (Lipinski definition) is 1. The van der Waals surface area contributed by atoms with E-state index in [1.54, 1.807) is 24.4 Å². The third-order valence-corrected chi connectivity index (χ3v) is 4.39. The fourth-order valence-corrected chi connectivity index (χ4v) is 2.91. The lowest BCUT2D eigenvalue weighted by atomic mass is 10.3. The highest BCUT2D eigenvalue weighted by atomic mass is 19.1. The van der Waals surface area contributed by atoms with Crippen molar-refractivity contribution in [3.63, 3.8) is 0 Å². The first-order valence-corrected chi connectivity index (χ1v) is 8.93. The standard InChI is InChI=1S/C20H17FN6O2/c1-13-6-8-22-17(10-13)25-18(28)7-9-26-12-23-19-16(20(26)29)11-24-27(19)15-4-2-14(21)3-5-15/h2-6,8,10-12H,7,9H2,1H3,(H,22,25,28). The molecule has 1 aromatic carbocycles. The molecule has 0 aliphatic carbocycles. The predicted octanol–water partition coefficient (Wildman–Crippen LogP) is 2.45. The molecule has 146 valence electrons. The minimum absolute atomic E-state index is 0.0921. The minimum atomic E-state index is -0.361. The summed E-state index contributed by atoms with van der Waals surface area (Å²) in [6.07, 6.45) is 4.51. The van der Waals surface area contributed by atoms with Gasteiger partial charge < -0.3 is 5.32 Å². The van der Waals surface area contributed by atoms with E-state index < -0.39 is 0 Å². The van der Waals surface area contributed by atoms with E-state index in [-0.39, 0.29) is 30.2 Å².